The molecule has 0 aromatic carbocycles. The van der Waals surface area contributed by atoms with E-state index in [1.165, 1.54) is 0 Å². The Morgan fingerprint density at radius 1 is 0.816 bits per heavy atom. The van der Waals surface area contributed by atoms with Crippen molar-refractivity contribution in [2.24, 2.45) is 50.2 Å². The van der Waals surface area contributed by atoms with Crippen LogP contribution >= 0.6 is 0 Å². The van der Waals surface area contributed by atoms with Crippen molar-refractivity contribution in [3.05, 3.63) is 11.6 Å². The minimum Gasteiger partial charge on any atom is -0.481 e. The van der Waals surface area contributed by atoms with Crippen LogP contribution < -0.4 is 0 Å². The van der Waals surface area contributed by atoms with E-state index in [0.29, 0.717) is 32.1 Å². The molecule has 5 aliphatic carbocycles. The molecular weight excluding hydrogens is 488 g/mol. The number of aliphatic hydroxyl groups is 4. The van der Waals surface area contributed by atoms with E-state index in [9.17, 15) is 40.2 Å². The molecule has 0 aliphatic heterocycles. The average molecular weight is 535 g/mol. The molecule has 5 aliphatic rings. The zero-order valence-electron chi connectivity index (χ0n) is 23.6. The van der Waals surface area contributed by atoms with Crippen LogP contribution in [-0.4, -0.2) is 67.0 Å². The highest BCUT2D eigenvalue weighted by atomic mass is 16.4. The topological polar surface area (TPSA) is 156 Å². The van der Waals surface area contributed by atoms with Crippen LogP contribution in [0.25, 0.3) is 0 Å². The first kappa shape index (κ1) is 28.1. The maximum Gasteiger partial charge on any atom is 0.312 e. The summed E-state index contributed by atoms with van der Waals surface area (Å²) in [7, 11) is 0. The van der Waals surface area contributed by atoms with Crippen molar-refractivity contribution in [2.45, 2.75) is 111 Å². The number of aliphatic carboxylic acids is 2. The fourth-order valence-electron chi connectivity index (χ4n) is 10.8. The van der Waals surface area contributed by atoms with Gasteiger partial charge in [0, 0.05) is 0 Å². The van der Waals surface area contributed by atoms with Gasteiger partial charge in [0.25, 0.3) is 0 Å². The number of hydrogen-bond acceptors (Lipinski definition) is 6. The summed E-state index contributed by atoms with van der Waals surface area (Å²) in [4.78, 5) is 25.4. The van der Waals surface area contributed by atoms with E-state index < -0.39 is 69.3 Å². The molecular formula is C30H46O8. The van der Waals surface area contributed by atoms with Gasteiger partial charge < -0.3 is 30.6 Å². The molecule has 38 heavy (non-hydrogen) atoms. The standard InChI is InChI=1S/C30H46O8/c1-25(2)11-16-15-7-8-18-26(3)12-17(31)22(34)29(6,23(35)36)19(26)9-10-27(18,4)28(15,5)13-21(33)30(16,24(37)38)14-20(25)32/h7,16-22,31-34H,8-14H2,1-6H3,(H,35,36)(H,37,38)/t16-,17+,18-,19?,20+,21+,22+,26-,27-,28-,29?,30-/m1/s1. The molecule has 0 saturated heterocycles. The van der Waals surface area contributed by atoms with Gasteiger partial charge in [0.05, 0.1) is 29.8 Å². The average Bonchev–Trinajstić information content (AvgIpc) is 2.79. The summed E-state index contributed by atoms with van der Waals surface area (Å²) >= 11 is 0. The summed E-state index contributed by atoms with van der Waals surface area (Å²) in [5.41, 5.74) is -3.86. The van der Waals surface area contributed by atoms with Gasteiger partial charge in [-0.15, -0.1) is 0 Å². The SMILES string of the molecule is CC1(C)C[C@@H]2C3=CC[C@@H]4[C@@]5(C)C[C@H](O)[C@H](O)C(C)(C(=O)O)C5CC[C@@]4(C)[C@]3(C)C[C@H](O)[C@@]2(C(=O)O)C[C@@H]1O. The zero-order chi connectivity index (χ0) is 28.4. The first-order valence-corrected chi connectivity index (χ1v) is 14.2. The largest absolute Gasteiger partial charge is 0.481 e. The highest BCUT2D eigenvalue weighted by Crippen LogP contribution is 2.75. The normalized spacial score (nSPS) is 55.4. The molecule has 0 amide bonds. The van der Waals surface area contributed by atoms with E-state index in [4.69, 9.17) is 0 Å². The summed E-state index contributed by atoms with van der Waals surface area (Å²) < 4.78 is 0. The molecule has 0 aromatic heterocycles. The summed E-state index contributed by atoms with van der Waals surface area (Å²) in [5.74, 6) is -2.92. The van der Waals surface area contributed by atoms with E-state index in [1.54, 1.807) is 6.92 Å². The van der Waals surface area contributed by atoms with Crippen molar-refractivity contribution < 1.29 is 40.2 Å². The Morgan fingerprint density at radius 2 is 1.45 bits per heavy atom. The fourth-order valence-corrected chi connectivity index (χ4v) is 10.8. The first-order chi connectivity index (χ1) is 17.3. The number of aliphatic hydroxyl groups excluding tert-OH is 4. The van der Waals surface area contributed by atoms with E-state index in [2.05, 4.69) is 26.8 Å². The molecule has 0 aromatic rings. The smallest absolute Gasteiger partial charge is 0.312 e. The van der Waals surface area contributed by atoms with Crippen molar-refractivity contribution >= 4 is 11.9 Å². The van der Waals surface area contributed by atoms with Crippen molar-refractivity contribution in [1.82, 2.24) is 0 Å². The van der Waals surface area contributed by atoms with Gasteiger partial charge in [-0.05, 0) is 91.3 Å². The Bertz CT molecular complexity index is 1080. The lowest BCUT2D eigenvalue weighted by atomic mass is 9.33. The number of carboxylic acid groups (broad SMARTS) is 2. The second kappa shape index (κ2) is 8.05. The minimum absolute atomic E-state index is 0.00949. The van der Waals surface area contributed by atoms with Crippen molar-refractivity contribution in [3.63, 3.8) is 0 Å². The predicted molar refractivity (Wildman–Crippen MR) is 139 cm³/mol. The third-order valence-electron chi connectivity index (χ3n) is 13.4. The number of hydrogen-bond donors (Lipinski definition) is 6. The van der Waals surface area contributed by atoms with Crippen LogP contribution in [0.4, 0.5) is 0 Å². The van der Waals surface area contributed by atoms with Crippen molar-refractivity contribution in [2.75, 3.05) is 0 Å². The third kappa shape index (κ3) is 3.06. The Morgan fingerprint density at radius 3 is 2.03 bits per heavy atom. The Kier molecular flexibility index (Phi) is 5.94. The number of carbonyl (C=O) groups is 2. The molecule has 6 N–H and O–H groups in total. The van der Waals surface area contributed by atoms with Gasteiger partial charge in [0.2, 0.25) is 0 Å². The van der Waals surface area contributed by atoms with Gasteiger partial charge in [-0.2, -0.15) is 0 Å². The predicted octanol–water partition coefficient (Wildman–Crippen LogP) is 3.21. The molecule has 8 nitrogen and oxygen atoms in total. The van der Waals surface area contributed by atoms with Crippen LogP contribution in [-0.2, 0) is 9.59 Å². The van der Waals surface area contributed by atoms with E-state index in [1.807, 2.05) is 13.8 Å². The molecule has 12 atom stereocenters. The second-order valence-electron chi connectivity index (χ2n) is 15.1. The van der Waals surface area contributed by atoms with Gasteiger partial charge in [-0.1, -0.05) is 46.3 Å². The summed E-state index contributed by atoms with van der Waals surface area (Å²) in [6.07, 6.45) is 0.576. The fraction of sp³-hybridized carbons (Fsp3) is 0.867. The van der Waals surface area contributed by atoms with Gasteiger partial charge in [-0.3, -0.25) is 9.59 Å². The monoisotopic (exact) mass is 534 g/mol. The van der Waals surface area contributed by atoms with Crippen LogP contribution in [0.2, 0.25) is 0 Å². The minimum atomic E-state index is -1.48. The Hall–Kier alpha value is -1.48. The maximum absolute atomic E-state index is 12.9. The van der Waals surface area contributed by atoms with E-state index in [-0.39, 0.29) is 30.1 Å². The number of fused-ring (bicyclic) bond motifs is 7. The lowest BCUT2D eigenvalue weighted by Crippen LogP contribution is -2.70. The van der Waals surface area contributed by atoms with Gasteiger partial charge in [0.15, 0.2) is 0 Å². The van der Waals surface area contributed by atoms with Crippen LogP contribution in [0, 0.1) is 50.2 Å². The molecule has 4 fully saturated rings. The number of rotatable bonds is 2. The van der Waals surface area contributed by atoms with Crippen molar-refractivity contribution in [1.29, 1.82) is 0 Å². The summed E-state index contributed by atoms with van der Waals surface area (Å²) in [6, 6.07) is 0. The second-order valence-corrected chi connectivity index (χ2v) is 15.1. The van der Waals surface area contributed by atoms with Crippen LogP contribution in [0.5, 0.6) is 0 Å². The van der Waals surface area contributed by atoms with Crippen molar-refractivity contribution in [3.8, 4) is 0 Å². The molecule has 214 valence electrons. The highest BCUT2D eigenvalue weighted by molar-refractivity contribution is 5.78. The molecule has 0 spiro atoms. The molecule has 2 unspecified atom stereocenters. The van der Waals surface area contributed by atoms with E-state index in [0.717, 1.165) is 5.57 Å². The zero-order valence-corrected chi connectivity index (χ0v) is 23.6. The molecule has 5 rings (SSSR count). The Balaban J connectivity index is 1.65. The van der Waals surface area contributed by atoms with E-state index >= 15 is 0 Å². The lowest BCUT2D eigenvalue weighted by molar-refractivity contribution is -0.246. The highest BCUT2D eigenvalue weighted by Gasteiger charge is 2.73. The lowest BCUT2D eigenvalue weighted by Gasteiger charge is -2.71. The number of allylic oxidation sites excluding steroid dienone is 2. The third-order valence-corrected chi connectivity index (χ3v) is 13.4. The molecule has 0 radical (unpaired) electrons. The molecule has 4 saturated carbocycles. The maximum atomic E-state index is 12.9. The van der Waals surface area contributed by atoms with Gasteiger partial charge >= 0.3 is 11.9 Å². The molecule has 0 heterocycles. The Labute approximate surface area is 225 Å². The van der Waals surface area contributed by atoms with Crippen LogP contribution in [0.3, 0.4) is 0 Å². The van der Waals surface area contributed by atoms with Gasteiger partial charge in [0.1, 0.15) is 5.41 Å². The molecule has 8 heteroatoms. The number of carboxylic acids is 2. The van der Waals surface area contributed by atoms with Gasteiger partial charge in [-0.25, -0.2) is 0 Å². The quantitative estimate of drug-likeness (QED) is 0.295. The summed E-state index contributed by atoms with van der Waals surface area (Å²) in [6.45, 7) is 11.9. The first-order valence-electron chi connectivity index (χ1n) is 14.2. The van der Waals surface area contributed by atoms with Crippen LogP contribution in [0.15, 0.2) is 11.6 Å². The van der Waals surface area contributed by atoms with Crippen LogP contribution in [0.1, 0.15) is 86.5 Å². The molecule has 0 bridgehead atoms. The summed E-state index contributed by atoms with van der Waals surface area (Å²) in [5, 5.41) is 65.2.